The van der Waals surface area contributed by atoms with Gasteiger partial charge in [0.25, 0.3) is 0 Å². The number of nitrogens with zero attached hydrogens (tertiary/aromatic N) is 1. The Bertz CT molecular complexity index is 1120. The van der Waals surface area contributed by atoms with Crippen molar-refractivity contribution in [3.05, 3.63) is 69.5 Å². The van der Waals surface area contributed by atoms with Crippen LogP contribution in [0.3, 0.4) is 0 Å². The Morgan fingerprint density at radius 1 is 1.20 bits per heavy atom. The van der Waals surface area contributed by atoms with Gasteiger partial charge >= 0.3 is 12.1 Å². The number of aromatic carboxylic acids is 1. The highest BCUT2D eigenvalue weighted by Gasteiger charge is 2.29. The molecular formula is C20H13F3N2O3S2. The fourth-order valence-corrected chi connectivity index (χ4v) is 3.69. The van der Waals surface area contributed by atoms with Crippen molar-refractivity contribution in [2.45, 2.75) is 11.2 Å². The molecule has 3 rings (SSSR count). The Kier molecular flexibility index (Phi) is 6.54. The van der Waals surface area contributed by atoms with Crippen LogP contribution in [-0.4, -0.2) is 23.2 Å². The van der Waals surface area contributed by atoms with Gasteiger partial charge in [0.15, 0.2) is 5.01 Å². The summed E-state index contributed by atoms with van der Waals surface area (Å²) in [7, 11) is 1.44. The average Bonchev–Trinajstić information content (AvgIpc) is 3.18. The maximum absolute atomic E-state index is 12.6. The molecular weight excluding hydrogens is 437 g/mol. The molecule has 0 unspecified atom stereocenters. The minimum absolute atomic E-state index is 0.108. The first-order chi connectivity index (χ1) is 14.3. The summed E-state index contributed by atoms with van der Waals surface area (Å²) >= 11 is 2.49. The van der Waals surface area contributed by atoms with Gasteiger partial charge in [-0.3, -0.25) is 0 Å². The van der Waals surface area contributed by atoms with E-state index in [-0.39, 0.29) is 5.56 Å². The Labute approximate surface area is 178 Å². The lowest BCUT2D eigenvalue weighted by Crippen LogP contribution is -2.04. The second-order valence-corrected chi connectivity index (χ2v) is 7.42. The number of carboxylic acids is 1. The predicted octanol–water partition coefficient (Wildman–Crippen LogP) is 5.39. The number of carboxylic acid groups (broad SMARTS) is 1. The number of aromatic nitrogens is 1. The molecule has 3 aromatic rings. The average molecular weight is 450 g/mol. The van der Waals surface area contributed by atoms with Gasteiger partial charge in [-0.2, -0.15) is 13.2 Å². The van der Waals surface area contributed by atoms with Crippen molar-refractivity contribution in [1.29, 1.82) is 0 Å². The zero-order valence-electron chi connectivity index (χ0n) is 15.3. The number of benzene rings is 2. The van der Waals surface area contributed by atoms with Gasteiger partial charge in [-0.15, -0.1) is 11.3 Å². The molecule has 0 atom stereocenters. The first-order valence-electron chi connectivity index (χ1n) is 8.25. The normalized spacial score (nSPS) is 10.8. The van der Waals surface area contributed by atoms with Crippen molar-refractivity contribution in [2.24, 2.45) is 0 Å². The van der Waals surface area contributed by atoms with Gasteiger partial charge in [0, 0.05) is 22.9 Å². The van der Waals surface area contributed by atoms with E-state index in [1.807, 2.05) is 0 Å². The summed E-state index contributed by atoms with van der Waals surface area (Å²) in [6.07, 6.45) is -4.38. The molecule has 0 saturated carbocycles. The van der Waals surface area contributed by atoms with Crippen molar-refractivity contribution in [3.8, 4) is 17.6 Å². The summed E-state index contributed by atoms with van der Waals surface area (Å²) in [4.78, 5) is 15.4. The van der Waals surface area contributed by atoms with Gasteiger partial charge < -0.3 is 14.6 Å². The molecule has 0 fully saturated rings. The lowest BCUT2D eigenvalue weighted by atomic mass is 10.1. The van der Waals surface area contributed by atoms with E-state index in [2.05, 4.69) is 21.5 Å². The molecule has 0 aliphatic heterocycles. The Balaban J connectivity index is 1.65. The molecule has 10 heteroatoms. The van der Waals surface area contributed by atoms with Gasteiger partial charge in [0.2, 0.25) is 0 Å². The minimum atomic E-state index is -4.38. The van der Waals surface area contributed by atoms with Gasteiger partial charge in [-0.25, -0.2) is 9.78 Å². The van der Waals surface area contributed by atoms with Crippen molar-refractivity contribution >= 4 is 34.9 Å². The molecule has 1 aromatic heterocycles. The van der Waals surface area contributed by atoms with Crippen LogP contribution >= 0.6 is 23.3 Å². The molecule has 0 bridgehead atoms. The largest absolute Gasteiger partial charge is 0.495 e. The molecule has 0 saturated heterocycles. The summed E-state index contributed by atoms with van der Waals surface area (Å²) in [5.74, 6) is 4.93. The second kappa shape index (κ2) is 9.11. The smallest absolute Gasteiger partial charge is 0.416 e. The Morgan fingerprint density at radius 3 is 2.57 bits per heavy atom. The van der Waals surface area contributed by atoms with Crippen molar-refractivity contribution in [2.75, 3.05) is 11.8 Å². The van der Waals surface area contributed by atoms with E-state index in [4.69, 9.17) is 9.84 Å². The number of carbonyl (C=O) groups is 1. The highest BCUT2D eigenvalue weighted by atomic mass is 32.2. The number of ether oxygens (including phenoxy) is 1. The van der Waals surface area contributed by atoms with Gasteiger partial charge in [0.05, 0.1) is 23.9 Å². The van der Waals surface area contributed by atoms with Crippen LogP contribution in [-0.2, 0) is 6.18 Å². The third-order valence-corrected chi connectivity index (χ3v) is 5.37. The lowest BCUT2D eigenvalue weighted by molar-refractivity contribution is -0.137. The van der Waals surface area contributed by atoms with E-state index in [0.717, 1.165) is 12.1 Å². The molecule has 0 amide bonds. The SMILES string of the molecule is COc1cc(C(=O)O)ccc1NSc1csc(C#Cc2ccc(C(F)(F)F)cc2)n1. The molecule has 30 heavy (non-hydrogen) atoms. The standard InChI is InChI=1S/C20H13F3N2O3S2/c1-28-16-10-13(19(26)27)5-8-15(16)25-30-18-11-29-17(24-18)9-4-12-2-6-14(7-3-12)20(21,22)23/h2-3,5-8,10-11,25H,1H3,(H,26,27). The molecule has 0 radical (unpaired) electrons. The summed E-state index contributed by atoms with van der Waals surface area (Å²) in [5, 5.41) is 11.9. The van der Waals surface area contributed by atoms with E-state index >= 15 is 0 Å². The predicted molar refractivity (Wildman–Crippen MR) is 109 cm³/mol. The Morgan fingerprint density at radius 2 is 1.93 bits per heavy atom. The van der Waals surface area contributed by atoms with Gasteiger partial charge in [0.1, 0.15) is 10.8 Å². The molecule has 1 heterocycles. The number of anilines is 1. The molecule has 0 aliphatic rings. The van der Waals surface area contributed by atoms with Crippen molar-refractivity contribution in [1.82, 2.24) is 4.98 Å². The molecule has 5 nitrogen and oxygen atoms in total. The molecule has 154 valence electrons. The number of nitrogens with one attached hydrogen (secondary N) is 1. The zero-order chi connectivity index (χ0) is 21.7. The number of rotatable bonds is 5. The van der Waals surface area contributed by atoms with Crippen molar-refractivity contribution in [3.63, 3.8) is 0 Å². The highest BCUT2D eigenvalue weighted by molar-refractivity contribution is 8.00. The first-order valence-corrected chi connectivity index (χ1v) is 9.95. The van der Waals surface area contributed by atoms with E-state index in [1.165, 1.54) is 54.7 Å². The number of alkyl halides is 3. The van der Waals surface area contributed by atoms with Gasteiger partial charge in [-0.1, -0.05) is 5.92 Å². The molecule has 0 spiro atoms. The van der Waals surface area contributed by atoms with Crippen molar-refractivity contribution < 1.29 is 27.8 Å². The van der Waals surface area contributed by atoms with E-state index in [1.54, 1.807) is 11.4 Å². The summed E-state index contributed by atoms with van der Waals surface area (Å²) < 4.78 is 46.0. The second-order valence-electron chi connectivity index (χ2n) is 5.74. The van der Waals surface area contributed by atoms with Crippen LogP contribution in [0.4, 0.5) is 18.9 Å². The fourth-order valence-electron chi connectivity index (χ4n) is 2.25. The summed E-state index contributed by atoms with van der Waals surface area (Å²) in [6, 6.07) is 9.05. The van der Waals surface area contributed by atoms with E-state index in [0.29, 0.717) is 27.0 Å². The number of hydrogen-bond acceptors (Lipinski definition) is 6. The summed E-state index contributed by atoms with van der Waals surface area (Å²) in [5.41, 5.74) is 0.419. The minimum Gasteiger partial charge on any atom is -0.495 e. The van der Waals surface area contributed by atoms with E-state index < -0.39 is 17.7 Å². The maximum Gasteiger partial charge on any atom is 0.416 e. The van der Waals surface area contributed by atoms with Crippen LogP contribution in [0.25, 0.3) is 0 Å². The van der Waals surface area contributed by atoms with Crippen LogP contribution in [0.2, 0.25) is 0 Å². The van der Waals surface area contributed by atoms with Crippen LogP contribution in [0.15, 0.2) is 52.9 Å². The number of hydrogen-bond donors (Lipinski definition) is 2. The monoisotopic (exact) mass is 450 g/mol. The number of thiazole rings is 1. The van der Waals surface area contributed by atoms with Crippen LogP contribution < -0.4 is 9.46 Å². The van der Waals surface area contributed by atoms with Crippen LogP contribution in [0, 0.1) is 11.8 Å². The fraction of sp³-hybridized carbons (Fsp3) is 0.100. The van der Waals surface area contributed by atoms with Gasteiger partial charge in [-0.05, 0) is 48.4 Å². The quantitative estimate of drug-likeness (QED) is 0.401. The van der Waals surface area contributed by atoms with E-state index in [9.17, 15) is 18.0 Å². The highest BCUT2D eigenvalue weighted by Crippen LogP contribution is 2.31. The first kappa shape index (κ1) is 21.5. The Hall–Kier alpha value is -3.16. The number of methoxy groups -OCH3 is 1. The van der Waals surface area contributed by atoms with Crippen LogP contribution in [0.1, 0.15) is 26.5 Å². The molecule has 2 N–H and O–H groups in total. The summed E-state index contributed by atoms with van der Waals surface area (Å²) in [6.45, 7) is 0. The van der Waals surface area contributed by atoms with Crippen LogP contribution in [0.5, 0.6) is 5.75 Å². The third-order valence-electron chi connectivity index (χ3n) is 3.72. The topological polar surface area (TPSA) is 71.5 Å². The number of halogens is 3. The molecule has 0 aliphatic carbocycles. The maximum atomic E-state index is 12.6. The lowest BCUT2D eigenvalue weighted by Gasteiger charge is -2.10. The third kappa shape index (κ3) is 5.46. The zero-order valence-corrected chi connectivity index (χ0v) is 16.9. The molecule has 2 aromatic carbocycles.